The van der Waals surface area contributed by atoms with Gasteiger partial charge in [-0.15, -0.1) is 0 Å². The van der Waals surface area contributed by atoms with Gasteiger partial charge in [-0.05, 0) is 20.2 Å². The molecule has 2 nitrogen and oxygen atoms in total. The maximum Gasteiger partial charge on any atom is 0.164 e. The van der Waals surface area contributed by atoms with Crippen LogP contribution in [-0.4, -0.2) is 30.6 Å². The molecule has 78 valence electrons. The number of aliphatic hydroxyl groups excluding tert-OH is 1. The zero-order chi connectivity index (χ0) is 10.7. The van der Waals surface area contributed by atoms with Crippen molar-refractivity contribution in [3.63, 3.8) is 0 Å². The Morgan fingerprint density at radius 1 is 1.36 bits per heavy atom. The molecule has 0 bridgehead atoms. The summed E-state index contributed by atoms with van der Waals surface area (Å²) in [5, 5.41) is 9.55. The second kappa shape index (κ2) is 4.48. The van der Waals surface area contributed by atoms with Crippen molar-refractivity contribution in [3.8, 4) is 0 Å². The van der Waals surface area contributed by atoms with Gasteiger partial charge < -0.3 is 10.0 Å². The Morgan fingerprint density at radius 2 is 2.00 bits per heavy atom. The van der Waals surface area contributed by atoms with E-state index in [1.165, 1.54) is 12.1 Å². The van der Waals surface area contributed by atoms with Gasteiger partial charge in [-0.2, -0.15) is 0 Å². The molecule has 1 rings (SSSR count). The summed E-state index contributed by atoms with van der Waals surface area (Å²) in [5.74, 6) is -1.90. The quantitative estimate of drug-likeness (QED) is 0.802. The molecule has 1 N–H and O–H groups in total. The maximum absolute atomic E-state index is 13.1. The smallest absolute Gasteiger partial charge is 0.164 e. The second-order valence-electron chi connectivity index (χ2n) is 3.42. The zero-order valence-electron chi connectivity index (χ0n) is 8.17. The van der Waals surface area contributed by atoms with Crippen LogP contribution in [0.1, 0.15) is 11.7 Å². The first-order chi connectivity index (χ1) is 6.52. The first kappa shape index (κ1) is 11.1. The minimum absolute atomic E-state index is 0.00120. The first-order valence-corrected chi connectivity index (χ1v) is 4.29. The maximum atomic E-state index is 13.1. The van der Waals surface area contributed by atoms with Crippen LogP contribution in [0.5, 0.6) is 0 Å². The van der Waals surface area contributed by atoms with E-state index in [0.717, 1.165) is 6.07 Å². The van der Waals surface area contributed by atoms with E-state index >= 15 is 0 Å². The molecule has 0 radical (unpaired) electrons. The number of nitrogens with zero attached hydrogens (tertiary/aromatic N) is 1. The van der Waals surface area contributed by atoms with E-state index in [1.54, 1.807) is 19.0 Å². The number of hydrogen-bond donors (Lipinski definition) is 1. The van der Waals surface area contributed by atoms with Crippen LogP contribution in [0.25, 0.3) is 0 Å². The van der Waals surface area contributed by atoms with Gasteiger partial charge in [0.1, 0.15) is 0 Å². The van der Waals surface area contributed by atoms with Crippen molar-refractivity contribution in [1.82, 2.24) is 4.90 Å². The predicted molar refractivity (Wildman–Crippen MR) is 49.9 cm³/mol. The summed E-state index contributed by atoms with van der Waals surface area (Å²) in [6.07, 6.45) is -0.999. The molecular weight excluding hydrogens is 188 g/mol. The lowest BCUT2D eigenvalue weighted by molar-refractivity contribution is 0.134. The zero-order valence-corrected chi connectivity index (χ0v) is 8.17. The van der Waals surface area contributed by atoms with Gasteiger partial charge in [0.25, 0.3) is 0 Å². The Kier molecular flexibility index (Phi) is 3.55. The number of benzene rings is 1. The third kappa shape index (κ3) is 2.49. The van der Waals surface area contributed by atoms with Crippen molar-refractivity contribution in [2.24, 2.45) is 0 Å². The molecule has 14 heavy (non-hydrogen) atoms. The highest BCUT2D eigenvalue weighted by Crippen LogP contribution is 2.19. The van der Waals surface area contributed by atoms with Gasteiger partial charge in [0.2, 0.25) is 0 Å². The summed E-state index contributed by atoms with van der Waals surface area (Å²) in [7, 11) is 3.50. The minimum Gasteiger partial charge on any atom is -0.387 e. The lowest BCUT2D eigenvalue weighted by Gasteiger charge is -2.16. The van der Waals surface area contributed by atoms with Gasteiger partial charge in [0.05, 0.1) is 6.10 Å². The van der Waals surface area contributed by atoms with Crippen molar-refractivity contribution in [1.29, 1.82) is 0 Å². The van der Waals surface area contributed by atoms with Crippen LogP contribution in [0.4, 0.5) is 8.78 Å². The molecule has 0 fully saturated rings. The Labute approximate surface area is 81.8 Å². The average Bonchev–Trinajstić information content (AvgIpc) is 2.08. The lowest BCUT2D eigenvalue weighted by Crippen LogP contribution is -2.21. The molecular formula is C10H13F2NO. The van der Waals surface area contributed by atoms with Crippen LogP contribution >= 0.6 is 0 Å². The van der Waals surface area contributed by atoms with Crippen LogP contribution in [0.3, 0.4) is 0 Å². The molecule has 0 aliphatic carbocycles. The van der Waals surface area contributed by atoms with E-state index in [9.17, 15) is 13.9 Å². The van der Waals surface area contributed by atoms with E-state index in [-0.39, 0.29) is 12.1 Å². The summed E-state index contributed by atoms with van der Waals surface area (Å²) in [4.78, 5) is 1.70. The standard InChI is InChI=1S/C10H13F2NO/c1-13(2)6-9(14)7-4-3-5-8(11)10(7)12/h3-5,9,14H,6H2,1-2H3. The third-order valence-electron chi connectivity index (χ3n) is 1.88. The second-order valence-corrected chi connectivity index (χ2v) is 3.42. The monoisotopic (exact) mass is 201 g/mol. The normalized spacial score (nSPS) is 13.3. The van der Waals surface area contributed by atoms with E-state index in [0.29, 0.717) is 0 Å². The molecule has 1 aromatic carbocycles. The van der Waals surface area contributed by atoms with E-state index in [2.05, 4.69) is 0 Å². The third-order valence-corrected chi connectivity index (χ3v) is 1.88. The molecule has 0 spiro atoms. The lowest BCUT2D eigenvalue weighted by atomic mass is 10.1. The van der Waals surface area contributed by atoms with Crippen molar-refractivity contribution < 1.29 is 13.9 Å². The average molecular weight is 201 g/mol. The molecule has 1 aromatic rings. The van der Waals surface area contributed by atoms with Crippen LogP contribution in [0.2, 0.25) is 0 Å². The van der Waals surface area contributed by atoms with Gasteiger partial charge in [-0.3, -0.25) is 0 Å². The molecule has 0 aliphatic rings. The topological polar surface area (TPSA) is 23.5 Å². The van der Waals surface area contributed by atoms with Crippen LogP contribution in [0, 0.1) is 11.6 Å². The molecule has 1 atom stereocenters. The Balaban J connectivity index is 2.89. The van der Waals surface area contributed by atoms with Gasteiger partial charge >= 0.3 is 0 Å². The van der Waals surface area contributed by atoms with Gasteiger partial charge in [0.15, 0.2) is 11.6 Å². The molecule has 0 saturated heterocycles. The minimum atomic E-state index is -0.999. The Hall–Kier alpha value is -1.00. The fourth-order valence-electron chi connectivity index (χ4n) is 1.22. The summed E-state index contributed by atoms with van der Waals surface area (Å²) in [5.41, 5.74) is -0.00120. The summed E-state index contributed by atoms with van der Waals surface area (Å²) >= 11 is 0. The van der Waals surface area contributed by atoms with Crippen molar-refractivity contribution in [3.05, 3.63) is 35.4 Å². The largest absolute Gasteiger partial charge is 0.387 e. The highest BCUT2D eigenvalue weighted by Gasteiger charge is 2.15. The fourth-order valence-corrected chi connectivity index (χ4v) is 1.22. The van der Waals surface area contributed by atoms with Crippen LogP contribution in [-0.2, 0) is 0 Å². The van der Waals surface area contributed by atoms with Crippen molar-refractivity contribution >= 4 is 0 Å². The number of hydrogen-bond acceptors (Lipinski definition) is 2. The molecule has 0 aromatic heterocycles. The highest BCUT2D eigenvalue weighted by molar-refractivity contribution is 5.21. The summed E-state index contributed by atoms with van der Waals surface area (Å²) in [6.45, 7) is 0.264. The molecule has 0 heterocycles. The van der Waals surface area contributed by atoms with Crippen LogP contribution in [0.15, 0.2) is 18.2 Å². The van der Waals surface area contributed by atoms with E-state index < -0.39 is 17.7 Å². The fraction of sp³-hybridized carbons (Fsp3) is 0.400. The van der Waals surface area contributed by atoms with E-state index in [1.807, 2.05) is 0 Å². The highest BCUT2D eigenvalue weighted by atomic mass is 19.2. The summed E-state index contributed by atoms with van der Waals surface area (Å²) < 4.78 is 25.9. The van der Waals surface area contributed by atoms with Gasteiger partial charge in [-0.25, -0.2) is 8.78 Å². The van der Waals surface area contributed by atoms with Gasteiger partial charge in [-0.1, -0.05) is 12.1 Å². The Bertz CT molecular complexity index is 315. The SMILES string of the molecule is CN(C)CC(O)c1cccc(F)c1F. The molecule has 0 aliphatic heterocycles. The van der Waals surface area contributed by atoms with Crippen molar-refractivity contribution in [2.45, 2.75) is 6.10 Å². The number of halogens is 2. The van der Waals surface area contributed by atoms with Crippen LogP contribution < -0.4 is 0 Å². The van der Waals surface area contributed by atoms with E-state index in [4.69, 9.17) is 0 Å². The molecule has 0 amide bonds. The number of aliphatic hydroxyl groups is 1. The predicted octanol–water partition coefficient (Wildman–Crippen LogP) is 1.56. The first-order valence-electron chi connectivity index (χ1n) is 4.29. The molecule has 4 heteroatoms. The summed E-state index contributed by atoms with van der Waals surface area (Å²) in [6, 6.07) is 3.79. The number of likely N-dealkylation sites (N-methyl/N-ethyl adjacent to an activating group) is 1. The molecule has 0 saturated carbocycles. The Morgan fingerprint density at radius 3 is 2.57 bits per heavy atom. The number of rotatable bonds is 3. The molecule has 1 unspecified atom stereocenters. The van der Waals surface area contributed by atoms with Crippen molar-refractivity contribution in [2.75, 3.05) is 20.6 Å². The van der Waals surface area contributed by atoms with Gasteiger partial charge in [0, 0.05) is 12.1 Å².